The van der Waals surface area contributed by atoms with Crippen molar-refractivity contribution in [1.29, 1.82) is 0 Å². The molecule has 0 radical (unpaired) electrons. The predicted molar refractivity (Wildman–Crippen MR) is 98.2 cm³/mol. The highest BCUT2D eigenvalue weighted by Gasteiger charge is 2.35. The van der Waals surface area contributed by atoms with Crippen molar-refractivity contribution in [2.45, 2.75) is 38.8 Å². The summed E-state index contributed by atoms with van der Waals surface area (Å²) in [6.45, 7) is 4.65. The molecule has 0 spiro atoms. The Hall–Kier alpha value is -2.62. The van der Waals surface area contributed by atoms with E-state index in [1.54, 1.807) is 17.0 Å². The van der Waals surface area contributed by atoms with Crippen LogP contribution in [0.5, 0.6) is 0 Å². The third kappa shape index (κ3) is 3.73. The highest BCUT2D eigenvalue weighted by Crippen LogP contribution is 2.22. The number of hydrogen-bond donors (Lipinski definition) is 1. The average molecular weight is 336 g/mol. The van der Waals surface area contributed by atoms with E-state index in [2.05, 4.69) is 5.32 Å². The third-order valence-corrected chi connectivity index (χ3v) is 4.85. The zero-order chi connectivity index (χ0) is 17.8. The number of carbonyl (C=O) groups excluding carboxylic acids is 2. The van der Waals surface area contributed by atoms with Crippen molar-refractivity contribution in [1.82, 2.24) is 10.2 Å². The standard InChI is InChI=1S/C21H24N2O2/c1-15-9-6-7-12-18(15)16(2)22-20(24)19-13-8-14-23(19)21(25)17-10-4-3-5-11-17/h3-7,9-12,16,19H,8,13-14H2,1-2H3,(H,22,24). The minimum Gasteiger partial charge on any atom is -0.348 e. The van der Waals surface area contributed by atoms with E-state index >= 15 is 0 Å². The van der Waals surface area contributed by atoms with E-state index in [9.17, 15) is 9.59 Å². The lowest BCUT2D eigenvalue weighted by Gasteiger charge is -2.26. The summed E-state index contributed by atoms with van der Waals surface area (Å²) >= 11 is 0. The quantitative estimate of drug-likeness (QED) is 0.929. The van der Waals surface area contributed by atoms with Gasteiger partial charge in [-0.2, -0.15) is 0 Å². The van der Waals surface area contributed by atoms with Crippen LogP contribution in [0.2, 0.25) is 0 Å². The first kappa shape index (κ1) is 17.2. The van der Waals surface area contributed by atoms with Crippen LogP contribution in [0.15, 0.2) is 54.6 Å². The lowest BCUT2D eigenvalue weighted by Crippen LogP contribution is -2.46. The largest absolute Gasteiger partial charge is 0.348 e. The molecule has 1 aliphatic heterocycles. The van der Waals surface area contributed by atoms with Gasteiger partial charge in [0.25, 0.3) is 5.91 Å². The summed E-state index contributed by atoms with van der Waals surface area (Å²) in [5.74, 6) is -0.140. The smallest absolute Gasteiger partial charge is 0.254 e. The van der Waals surface area contributed by atoms with E-state index in [1.165, 1.54) is 0 Å². The van der Waals surface area contributed by atoms with Gasteiger partial charge in [-0.1, -0.05) is 42.5 Å². The maximum absolute atomic E-state index is 12.8. The number of rotatable bonds is 4. The zero-order valence-corrected chi connectivity index (χ0v) is 14.7. The van der Waals surface area contributed by atoms with Gasteiger partial charge in [0.2, 0.25) is 5.91 Å². The molecule has 25 heavy (non-hydrogen) atoms. The lowest BCUT2D eigenvalue weighted by molar-refractivity contribution is -0.125. The molecule has 1 fully saturated rings. The van der Waals surface area contributed by atoms with Crippen molar-refractivity contribution in [3.8, 4) is 0 Å². The number of likely N-dealkylation sites (tertiary alicyclic amines) is 1. The minimum absolute atomic E-state index is 0.0678. The zero-order valence-electron chi connectivity index (χ0n) is 14.7. The number of nitrogens with one attached hydrogen (secondary N) is 1. The van der Waals surface area contributed by atoms with Crippen LogP contribution in [0.25, 0.3) is 0 Å². The van der Waals surface area contributed by atoms with E-state index in [0.717, 1.165) is 17.5 Å². The number of aryl methyl sites for hydroxylation is 1. The van der Waals surface area contributed by atoms with Gasteiger partial charge in [0.05, 0.1) is 6.04 Å². The second kappa shape index (κ2) is 7.51. The van der Waals surface area contributed by atoms with Crippen LogP contribution in [0.3, 0.4) is 0 Å². The van der Waals surface area contributed by atoms with Crippen LogP contribution in [-0.2, 0) is 4.79 Å². The number of carbonyl (C=O) groups is 2. The molecular formula is C21H24N2O2. The Kier molecular flexibility index (Phi) is 5.17. The monoisotopic (exact) mass is 336 g/mol. The molecule has 0 aromatic heterocycles. The third-order valence-electron chi connectivity index (χ3n) is 4.85. The molecule has 4 nitrogen and oxygen atoms in total. The Morgan fingerprint density at radius 3 is 2.48 bits per heavy atom. The van der Waals surface area contributed by atoms with Crippen molar-refractivity contribution in [3.05, 3.63) is 71.3 Å². The first-order chi connectivity index (χ1) is 12.1. The highest BCUT2D eigenvalue weighted by molar-refractivity contribution is 5.98. The van der Waals surface area contributed by atoms with Crippen molar-refractivity contribution in [2.24, 2.45) is 0 Å². The van der Waals surface area contributed by atoms with Crippen LogP contribution >= 0.6 is 0 Å². The van der Waals surface area contributed by atoms with Crippen LogP contribution in [0.1, 0.15) is 47.3 Å². The summed E-state index contributed by atoms with van der Waals surface area (Å²) in [5.41, 5.74) is 2.89. The van der Waals surface area contributed by atoms with Crippen LogP contribution in [0.4, 0.5) is 0 Å². The summed E-state index contributed by atoms with van der Waals surface area (Å²) in [7, 11) is 0. The Balaban J connectivity index is 1.71. The molecular weight excluding hydrogens is 312 g/mol. The van der Waals surface area contributed by atoms with Gasteiger partial charge in [-0.15, -0.1) is 0 Å². The first-order valence-corrected chi connectivity index (χ1v) is 8.80. The maximum Gasteiger partial charge on any atom is 0.254 e. The molecule has 0 bridgehead atoms. The van der Waals surface area contributed by atoms with Crippen molar-refractivity contribution >= 4 is 11.8 Å². The minimum atomic E-state index is -0.390. The van der Waals surface area contributed by atoms with Crippen molar-refractivity contribution in [2.75, 3.05) is 6.54 Å². The second-order valence-electron chi connectivity index (χ2n) is 6.61. The Morgan fingerprint density at radius 1 is 1.08 bits per heavy atom. The van der Waals surface area contributed by atoms with E-state index in [-0.39, 0.29) is 23.9 Å². The number of hydrogen-bond acceptors (Lipinski definition) is 2. The maximum atomic E-state index is 12.8. The normalized spacial score (nSPS) is 18.0. The molecule has 2 aromatic carbocycles. The van der Waals surface area contributed by atoms with E-state index < -0.39 is 0 Å². The van der Waals surface area contributed by atoms with E-state index in [1.807, 2.05) is 56.3 Å². The first-order valence-electron chi connectivity index (χ1n) is 8.80. The van der Waals surface area contributed by atoms with Gasteiger partial charge in [-0.3, -0.25) is 9.59 Å². The molecule has 0 aliphatic carbocycles. The fourth-order valence-electron chi connectivity index (χ4n) is 3.49. The molecule has 0 saturated carbocycles. The van der Waals surface area contributed by atoms with Gasteiger partial charge >= 0.3 is 0 Å². The second-order valence-corrected chi connectivity index (χ2v) is 6.61. The topological polar surface area (TPSA) is 49.4 Å². The highest BCUT2D eigenvalue weighted by atomic mass is 16.2. The van der Waals surface area contributed by atoms with Gasteiger partial charge < -0.3 is 10.2 Å². The Morgan fingerprint density at radius 2 is 1.76 bits per heavy atom. The van der Waals surface area contributed by atoms with E-state index in [4.69, 9.17) is 0 Å². The molecule has 2 aromatic rings. The molecule has 2 atom stereocenters. The van der Waals surface area contributed by atoms with Gasteiger partial charge in [-0.25, -0.2) is 0 Å². The van der Waals surface area contributed by atoms with Gasteiger partial charge in [0, 0.05) is 12.1 Å². The molecule has 4 heteroatoms. The van der Waals surface area contributed by atoms with E-state index in [0.29, 0.717) is 18.5 Å². The van der Waals surface area contributed by atoms with Crippen molar-refractivity contribution < 1.29 is 9.59 Å². The van der Waals surface area contributed by atoms with Crippen molar-refractivity contribution in [3.63, 3.8) is 0 Å². The van der Waals surface area contributed by atoms with Crippen LogP contribution in [-0.4, -0.2) is 29.3 Å². The average Bonchev–Trinajstić information content (AvgIpc) is 3.12. The predicted octanol–water partition coefficient (Wildman–Crippen LogP) is 3.48. The molecule has 1 N–H and O–H groups in total. The number of amides is 2. The molecule has 1 heterocycles. The van der Waals surface area contributed by atoms with Crippen LogP contribution in [0, 0.1) is 6.92 Å². The SMILES string of the molecule is Cc1ccccc1C(C)NC(=O)C1CCCN1C(=O)c1ccccc1. The fourth-order valence-corrected chi connectivity index (χ4v) is 3.49. The molecule has 2 amide bonds. The Bertz CT molecular complexity index is 758. The summed E-state index contributed by atoms with van der Waals surface area (Å²) in [6, 6.07) is 16.7. The molecule has 1 saturated heterocycles. The number of nitrogens with zero attached hydrogens (tertiary/aromatic N) is 1. The Labute approximate surface area is 148 Å². The molecule has 130 valence electrons. The fraction of sp³-hybridized carbons (Fsp3) is 0.333. The molecule has 2 unspecified atom stereocenters. The summed E-state index contributed by atoms with van der Waals surface area (Å²) in [5, 5.41) is 3.08. The number of benzene rings is 2. The van der Waals surface area contributed by atoms with Crippen LogP contribution < -0.4 is 5.32 Å². The molecule has 3 rings (SSSR count). The van der Waals surface area contributed by atoms with Gasteiger partial charge in [0.1, 0.15) is 6.04 Å². The van der Waals surface area contributed by atoms with Gasteiger partial charge in [-0.05, 0) is 49.9 Å². The lowest BCUT2D eigenvalue weighted by atomic mass is 10.0. The van der Waals surface area contributed by atoms with Gasteiger partial charge in [0.15, 0.2) is 0 Å². The molecule has 1 aliphatic rings. The summed E-state index contributed by atoms with van der Waals surface area (Å²) < 4.78 is 0. The summed E-state index contributed by atoms with van der Waals surface area (Å²) in [4.78, 5) is 27.2. The summed E-state index contributed by atoms with van der Waals surface area (Å²) in [6.07, 6.45) is 1.57.